The molecule has 156 valence electrons. The number of hydrogen-bond donors (Lipinski definition) is 1. The first-order valence-electron chi connectivity index (χ1n) is 10.9. The van der Waals surface area contributed by atoms with E-state index in [1.54, 1.807) is 6.26 Å². The van der Waals surface area contributed by atoms with E-state index in [1.165, 1.54) is 50.3 Å². The van der Waals surface area contributed by atoms with Gasteiger partial charge in [-0.3, -0.25) is 9.36 Å². The van der Waals surface area contributed by atoms with Crippen LogP contribution in [0, 0.1) is 23.7 Å². The summed E-state index contributed by atoms with van der Waals surface area (Å²) in [4.78, 5) is 12.9. The molecule has 29 heavy (non-hydrogen) atoms. The number of rotatable bonds is 7. The molecular formula is C22H30N4O2S. The minimum absolute atomic E-state index is 0.0668. The minimum atomic E-state index is 0.0668. The minimum Gasteiger partial charge on any atom is -0.461 e. The Kier molecular flexibility index (Phi) is 4.96. The zero-order valence-electron chi connectivity index (χ0n) is 17.3. The lowest BCUT2D eigenvalue weighted by molar-refractivity contribution is -0.124. The second-order valence-electron chi connectivity index (χ2n) is 9.82. The van der Waals surface area contributed by atoms with Gasteiger partial charge >= 0.3 is 0 Å². The fourth-order valence-electron chi connectivity index (χ4n) is 6.24. The lowest BCUT2D eigenvalue weighted by atomic mass is 9.53. The molecule has 4 fully saturated rings. The van der Waals surface area contributed by atoms with E-state index in [1.807, 2.05) is 12.1 Å². The summed E-state index contributed by atoms with van der Waals surface area (Å²) in [6, 6.07) is 3.75. The molecule has 0 atom stereocenters. The van der Waals surface area contributed by atoms with Crippen molar-refractivity contribution in [1.29, 1.82) is 0 Å². The molecule has 0 aromatic carbocycles. The van der Waals surface area contributed by atoms with Crippen LogP contribution in [0.4, 0.5) is 0 Å². The number of aromatic nitrogens is 3. The van der Waals surface area contributed by atoms with Crippen LogP contribution in [-0.4, -0.2) is 32.0 Å². The molecule has 4 saturated carbocycles. The number of thioether (sulfide) groups is 1. The number of carbonyl (C=O) groups is 1. The number of carbonyl (C=O) groups excluding carboxylic acids is 1. The third-order valence-corrected chi connectivity index (χ3v) is 7.75. The van der Waals surface area contributed by atoms with Gasteiger partial charge in [-0.25, -0.2) is 0 Å². The Hall–Kier alpha value is -1.76. The van der Waals surface area contributed by atoms with Gasteiger partial charge in [-0.2, -0.15) is 0 Å². The summed E-state index contributed by atoms with van der Waals surface area (Å²) < 4.78 is 7.60. The monoisotopic (exact) mass is 414 g/mol. The molecule has 2 aromatic heterocycles. The topological polar surface area (TPSA) is 73.0 Å². The van der Waals surface area contributed by atoms with Crippen molar-refractivity contribution in [2.75, 3.05) is 5.75 Å². The molecule has 1 amide bonds. The van der Waals surface area contributed by atoms with Gasteiger partial charge in [0.25, 0.3) is 0 Å². The SMILES string of the molecule is CC(C)Cn1c(SCC(=O)NC23CC4CC(CC(C4)C2)C3)nnc1-c1ccco1. The number of nitrogens with zero attached hydrogens (tertiary/aromatic N) is 3. The summed E-state index contributed by atoms with van der Waals surface area (Å²) in [6.45, 7) is 5.13. The van der Waals surface area contributed by atoms with Crippen LogP contribution in [-0.2, 0) is 11.3 Å². The molecule has 4 aliphatic carbocycles. The van der Waals surface area contributed by atoms with Crippen LogP contribution < -0.4 is 5.32 Å². The summed E-state index contributed by atoms with van der Waals surface area (Å²) in [7, 11) is 0. The predicted molar refractivity (Wildman–Crippen MR) is 112 cm³/mol. The lowest BCUT2D eigenvalue weighted by Gasteiger charge is -2.56. The maximum absolute atomic E-state index is 12.9. The zero-order chi connectivity index (χ0) is 20.0. The van der Waals surface area contributed by atoms with Crippen LogP contribution in [0.5, 0.6) is 0 Å². The summed E-state index contributed by atoms with van der Waals surface area (Å²) in [6.07, 6.45) is 9.35. The van der Waals surface area contributed by atoms with E-state index < -0.39 is 0 Å². The van der Waals surface area contributed by atoms with E-state index >= 15 is 0 Å². The molecular weight excluding hydrogens is 384 g/mol. The molecule has 4 bridgehead atoms. The maximum Gasteiger partial charge on any atom is 0.230 e. The van der Waals surface area contributed by atoms with Crippen LogP contribution in [0.25, 0.3) is 11.6 Å². The van der Waals surface area contributed by atoms with E-state index in [2.05, 4.69) is 33.9 Å². The fourth-order valence-corrected chi connectivity index (χ4v) is 6.99. The molecule has 0 aliphatic heterocycles. The third kappa shape index (κ3) is 3.86. The van der Waals surface area contributed by atoms with Crippen LogP contribution >= 0.6 is 11.8 Å². The molecule has 0 radical (unpaired) electrons. The van der Waals surface area contributed by atoms with Gasteiger partial charge < -0.3 is 9.73 Å². The molecule has 6 rings (SSSR count). The largest absolute Gasteiger partial charge is 0.461 e. The average Bonchev–Trinajstić information content (AvgIpc) is 3.27. The Morgan fingerprint density at radius 2 is 1.93 bits per heavy atom. The molecule has 2 heterocycles. The van der Waals surface area contributed by atoms with E-state index in [0.717, 1.165) is 35.3 Å². The molecule has 4 aliphatic rings. The summed E-state index contributed by atoms with van der Waals surface area (Å²) in [5.41, 5.74) is 0.0668. The standard InChI is InChI=1S/C22H30N4O2S/c1-14(2)12-26-20(18-4-3-5-28-18)24-25-21(26)29-13-19(27)23-22-9-15-6-16(10-22)8-17(7-15)11-22/h3-5,14-17H,6-13H2,1-2H3,(H,23,27). The molecule has 6 nitrogen and oxygen atoms in total. The summed E-state index contributed by atoms with van der Waals surface area (Å²) >= 11 is 1.48. The van der Waals surface area contributed by atoms with Gasteiger partial charge in [0.05, 0.1) is 12.0 Å². The number of amides is 1. The third-order valence-electron chi connectivity index (χ3n) is 6.78. The highest BCUT2D eigenvalue weighted by Crippen LogP contribution is 2.55. The van der Waals surface area contributed by atoms with Crippen molar-refractivity contribution in [3.63, 3.8) is 0 Å². The summed E-state index contributed by atoms with van der Waals surface area (Å²) in [5.74, 6) is 4.90. The van der Waals surface area contributed by atoms with Gasteiger partial charge in [-0.05, 0) is 74.3 Å². The van der Waals surface area contributed by atoms with Crippen molar-refractivity contribution in [2.45, 2.75) is 69.6 Å². The van der Waals surface area contributed by atoms with Crippen LogP contribution in [0.15, 0.2) is 28.0 Å². The van der Waals surface area contributed by atoms with E-state index in [-0.39, 0.29) is 11.4 Å². The lowest BCUT2D eigenvalue weighted by Crippen LogP contribution is -2.60. The van der Waals surface area contributed by atoms with Crippen molar-refractivity contribution in [1.82, 2.24) is 20.1 Å². The molecule has 1 N–H and O–H groups in total. The molecule has 0 unspecified atom stereocenters. The van der Waals surface area contributed by atoms with Crippen LogP contribution in [0.2, 0.25) is 0 Å². The maximum atomic E-state index is 12.9. The van der Waals surface area contributed by atoms with Crippen LogP contribution in [0.3, 0.4) is 0 Å². The zero-order valence-corrected chi connectivity index (χ0v) is 18.1. The molecule has 7 heteroatoms. The van der Waals surface area contributed by atoms with Gasteiger partial charge in [0, 0.05) is 12.1 Å². The molecule has 0 spiro atoms. The normalized spacial score (nSPS) is 30.2. The Balaban J connectivity index is 1.26. The highest BCUT2D eigenvalue weighted by atomic mass is 32.2. The smallest absolute Gasteiger partial charge is 0.230 e. The number of hydrogen-bond acceptors (Lipinski definition) is 5. The first kappa shape index (κ1) is 19.2. The van der Waals surface area contributed by atoms with Crippen molar-refractivity contribution in [2.24, 2.45) is 23.7 Å². The van der Waals surface area contributed by atoms with Crippen molar-refractivity contribution in [3.8, 4) is 11.6 Å². The highest BCUT2D eigenvalue weighted by Gasteiger charge is 2.51. The van der Waals surface area contributed by atoms with Crippen molar-refractivity contribution >= 4 is 17.7 Å². The van der Waals surface area contributed by atoms with Gasteiger partial charge in [0.1, 0.15) is 0 Å². The van der Waals surface area contributed by atoms with Crippen LogP contribution in [0.1, 0.15) is 52.4 Å². The Morgan fingerprint density at radius 1 is 1.24 bits per heavy atom. The van der Waals surface area contributed by atoms with Crippen molar-refractivity contribution < 1.29 is 9.21 Å². The average molecular weight is 415 g/mol. The Morgan fingerprint density at radius 3 is 2.52 bits per heavy atom. The van der Waals surface area contributed by atoms with Gasteiger partial charge in [0.2, 0.25) is 5.91 Å². The molecule has 0 saturated heterocycles. The van der Waals surface area contributed by atoms with E-state index in [9.17, 15) is 4.79 Å². The van der Waals surface area contributed by atoms with Gasteiger partial charge in [0.15, 0.2) is 16.7 Å². The second kappa shape index (κ2) is 7.49. The Bertz CT molecular complexity index is 838. The predicted octanol–water partition coefficient (Wildman–Crippen LogP) is 4.37. The molecule has 2 aromatic rings. The number of nitrogens with one attached hydrogen (secondary N) is 1. The van der Waals surface area contributed by atoms with Crippen molar-refractivity contribution in [3.05, 3.63) is 18.4 Å². The van der Waals surface area contributed by atoms with Gasteiger partial charge in [-0.1, -0.05) is 25.6 Å². The second-order valence-corrected chi connectivity index (χ2v) is 10.8. The fraction of sp³-hybridized carbons (Fsp3) is 0.682. The number of furan rings is 1. The van der Waals surface area contributed by atoms with E-state index in [4.69, 9.17) is 4.42 Å². The van der Waals surface area contributed by atoms with Gasteiger partial charge in [-0.15, -0.1) is 10.2 Å². The highest BCUT2D eigenvalue weighted by molar-refractivity contribution is 7.99. The quantitative estimate of drug-likeness (QED) is 0.681. The Labute approximate surface area is 176 Å². The first-order valence-corrected chi connectivity index (χ1v) is 11.9. The summed E-state index contributed by atoms with van der Waals surface area (Å²) in [5, 5.41) is 12.9. The van der Waals surface area contributed by atoms with E-state index in [0.29, 0.717) is 17.4 Å². The first-order chi connectivity index (χ1) is 14.0.